The number of hydrogen-bond donors (Lipinski definition) is 2. The number of carbonyl (C=O) groups is 2. The molecule has 4 rings (SSSR count). The molecule has 2 aliphatic heterocycles. The fraction of sp³-hybridized carbons (Fsp3) is 0.407. The van der Waals surface area contributed by atoms with Gasteiger partial charge in [0.15, 0.2) is 0 Å². The number of urea groups is 1. The Morgan fingerprint density at radius 3 is 2.46 bits per heavy atom. The Hall–Kier alpha value is -2.97. The summed E-state index contributed by atoms with van der Waals surface area (Å²) in [6.45, 7) is 10.3. The first kappa shape index (κ1) is 25.1. The number of amides is 2. The minimum absolute atomic E-state index is 0.274. The largest absolute Gasteiger partial charge is 0.463 e. The SMILES string of the molecule is CCOC(=O)C1=C(CN2CCN(c3cccc(C)c3C)CC2)NC(=O)N[C@H]1c1ccc(SC)cc1. The summed E-state index contributed by atoms with van der Waals surface area (Å²) in [5, 5.41) is 5.83. The minimum Gasteiger partial charge on any atom is -0.463 e. The smallest absolute Gasteiger partial charge is 0.338 e. The predicted molar refractivity (Wildman–Crippen MR) is 141 cm³/mol. The van der Waals surface area contributed by atoms with Crippen LogP contribution in [0.3, 0.4) is 0 Å². The summed E-state index contributed by atoms with van der Waals surface area (Å²) in [4.78, 5) is 31.5. The molecule has 0 unspecified atom stereocenters. The van der Waals surface area contributed by atoms with E-state index in [4.69, 9.17) is 4.74 Å². The van der Waals surface area contributed by atoms with Gasteiger partial charge in [-0.15, -0.1) is 11.8 Å². The third kappa shape index (κ3) is 5.65. The molecule has 2 amide bonds. The van der Waals surface area contributed by atoms with E-state index < -0.39 is 12.0 Å². The van der Waals surface area contributed by atoms with Crippen LogP contribution in [-0.2, 0) is 9.53 Å². The second-order valence-corrected chi connectivity index (χ2v) is 9.78. The molecule has 0 radical (unpaired) electrons. The van der Waals surface area contributed by atoms with E-state index in [1.807, 2.05) is 30.5 Å². The van der Waals surface area contributed by atoms with Crippen molar-refractivity contribution in [1.82, 2.24) is 15.5 Å². The Morgan fingerprint density at radius 2 is 1.80 bits per heavy atom. The van der Waals surface area contributed by atoms with Crippen molar-refractivity contribution in [2.45, 2.75) is 31.7 Å². The van der Waals surface area contributed by atoms with Crippen LogP contribution in [-0.4, -0.2) is 62.5 Å². The molecular weight excluding hydrogens is 460 g/mol. The van der Waals surface area contributed by atoms with Crippen LogP contribution in [0.25, 0.3) is 0 Å². The van der Waals surface area contributed by atoms with Gasteiger partial charge in [0.1, 0.15) is 0 Å². The summed E-state index contributed by atoms with van der Waals surface area (Å²) in [6.07, 6.45) is 2.02. The van der Waals surface area contributed by atoms with Crippen LogP contribution in [0.1, 0.15) is 29.7 Å². The lowest BCUT2D eigenvalue weighted by Gasteiger charge is -2.38. The number of rotatable bonds is 7. The van der Waals surface area contributed by atoms with Crippen LogP contribution in [0, 0.1) is 13.8 Å². The minimum atomic E-state index is -0.551. The maximum absolute atomic E-state index is 13.1. The standard InChI is InChI=1S/C27H34N4O3S/c1-5-34-26(32)24-22(28-27(33)29-25(24)20-9-11-21(35-4)12-10-20)17-30-13-15-31(16-14-30)23-8-6-7-18(2)19(23)3/h6-12,25H,5,13-17H2,1-4H3,(H2,28,29,33)/t25-/m0/s1. The quantitative estimate of drug-likeness (QED) is 0.448. The number of carbonyl (C=O) groups excluding carboxylic acids is 2. The average molecular weight is 495 g/mol. The van der Waals surface area contributed by atoms with E-state index in [0.29, 0.717) is 17.8 Å². The highest BCUT2D eigenvalue weighted by molar-refractivity contribution is 7.98. The van der Waals surface area contributed by atoms with Crippen LogP contribution in [0.4, 0.5) is 10.5 Å². The van der Waals surface area contributed by atoms with E-state index in [1.165, 1.54) is 16.8 Å². The van der Waals surface area contributed by atoms with Crippen LogP contribution < -0.4 is 15.5 Å². The lowest BCUT2D eigenvalue weighted by atomic mass is 9.95. The van der Waals surface area contributed by atoms with Crippen molar-refractivity contribution in [2.75, 3.05) is 50.5 Å². The fourth-order valence-electron chi connectivity index (χ4n) is 4.69. The molecule has 0 saturated carbocycles. The Balaban J connectivity index is 1.56. The average Bonchev–Trinajstić information content (AvgIpc) is 2.86. The zero-order valence-electron chi connectivity index (χ0n) is 20.9. The molecule has 0 aliphatic carbocycles. The number of hydrogen-bond acceptors (Lipinski definition) is 6. The number of thioether (sulfide) groups is 1. The second-order valence-electron chi connectivity index (χ2n) is 8.90. The maximum Gasteiger partial charge on any atom is 0.338 e. The van der Waals surface area contributed by atoms with E-state index in [9.17, 15) is 9.59 Å². The van der Waals surface area contributed by atoms with Gasteiger partial charge in [-0.25, -0.2) is 9.59 Å². The topological polar surface area (TPSA) is 73.9 Å². The number of ether oxygens (including phenoxy) is 1. The first-order chi connectivity index (χ1) is 16.9. The van der Waals surface area contributed by atoms with Gasteiger partial charge in [-0.3, -0.25) is 4.90 Å². The third-order valence-electron chi connectivity index (χ3n) is 6.77. The highest BCUT2D eigenvalue weighted by atomic mass is 32.2. The lowest BCUT2D eigenvalue weighted by molar-refractivity contribution is -0.139. The van der Waals surface area contributed by atoms with E-state index in [1.54, 1.807) is 18.7 Å². The van der Waals surface area contributed by atoms with Gasteiger partial charge in [-0.2, -0.15) is 0 Å². The number of nitrogens with zero attached hydrogens (tertiary/aromatic N) is 2. The zero-order chi connectivity index (χ0) is 24.9. The summed E-state index contributed by atoms with van der Waals surface area (Å²) < 4.78 is 5.41. The Labute approximate surface area is 211 Å². The summed E-state index contributed by atoms with van der Waals surface area (Å²) >= 11 is 1.65. The van der Waals surface area contributed by atoms with Gasteiger partial charge in [-0.1, -0.05) is 24.3 Å². The van der Waals surface area contributed by atoms with Crippen molar-refractivity contribution in [3.8, 4) is 0 Å². The van der Waals surface area contributed by atoms with Gasteiger partial charge in [0, 0.05) is 49.0 Å². The predicted octanol–water partition coefficient (Wildman–Crippen LogP) is 4.02. The molecule has 2 heterocycles. The molecule has 0 bridgehead atoms. The molecule has 2 N–H and O–H groups in total. The Bertz CT molecular complexity index is 1110. The summed E-state index contributed by atoms with van der Waals surface area (Å²) in [5.41, 5.74) is 5.84. The normalized spacial score (nSPS) is 18.8. The number of anilines is 1. The first-order valence-electron chi connectivity index (χ1n) is 12.1. The monoisotopic (exact) mass is 494 g/mol. The van der Waals surface area contributed by atoms with Gasteiger partial charge in [0.25, 0.3) is 0 Å². The zero-order valence-corrected chi connectivity index (χ0v) is 21.7. The van der Waals surface area contributed by atoms with Crippen molar-refractivity contribution < 1.29 is 14.3 Å². The molecule has 1 fully saturated rings. The van der Waals surface area contributed by atoms with Crippen molar-refractivity contribution in [2.24, 2.45) is 0 Å². The number of benzene rings is 2. The Kier molecular flexibility index (Phi) is 8.03. The van der Waals surface area contributed by atoms with Crippen molar-refractivity contribution in [3.63, 3.8) is 0 Å². The lowest BCUT2D eigenvalue weighted by Crippen LogP contribution is -2.52. The van der Waals surface area contributed by atoms with E-state index in [0.717, 1.165) is 36.6 Å². The molecule has 2 aromatic carbocycles. The first-order valence-corrected chi connectivity index (χ1v) is 13.3. The number of esters is 1. The van der Waals surface area contributed by atoms with Crippen molar-refractivity contribution in [1.29, 1.82) is 0 Å². The van der Waals surface area contributed by atoms with Gasteiger partial charge in [-0.05, 0) is 61.9 Å². The van der Waals surface area contributed by atoms with Gasteiger partial charge >= 0.3 is 12.0 Å². The van der Waals surface area contributed by atoms with Gasteiger partial charge in [0.05, 0.1) is 18.2 Å². The van der Waals surface area contributed by atoms with E-state index >= 15 is 0 Å². The van der Waals surface area contributed by atoms with E-state index in [-0.39, 0.29) is 12.6 Å². The second kappa shape index (κ2) is 11.2. The highest BCUT2D eigenvalue weighted by Gasteiger charge is 2.34. The van der Waals surface area contributed by atoms with E-state index in [2.05, 4.69) is 52.5 Å². The third-order valence-corrected chi connectivity index (χ3v) is 7.51. The van der Waals surface area contributed by atoms with Crippen LogP contribution in [0.15, 0.2) is 58.6 Å². The molecule has 7 nitrogen and oxygen atoms in total. The van der Waals surface area contributed by atoms with Crippen LogP contribution in [0.2, 0.25) is 0 Å². The van der Waals surface area contributed by atoms with Crippen LogP contribution >= 0.6 is 11.8 Å². The number of nitrogens with one attached hydrogen (secondary N) is 2. The van der Waals surface area contributed by atoms with Crippen molar-refractivity contribution in [3.05, 3.63) is 70.4 Å². The molecule has 2 aromatic rings. The molecule has 0 aromatic heterocycles. The molecular formula is C27H34N4O3S. The molecule has 35 heavy (non-hydrogen) atoms. The van der Waals surface area contributed by atoms with Gasteiger partial charge < -0.3 is 20.3 Å². The molecule has 2 aliphatic rings. The summed E-state index contributed by atoms with van der Waals surface area (Å²) in [7, 11) is 0. The number of aryl methyl sites for hydroxylation is 1. The fourth-order valence-corrected chi connectivity index (χ4v) is 5.10. The van der Waals surface area contributed by atoms with Crippen LogP contribution in [0.5, 0.6) is 0 Å². The maximum atomic E-state index is 13.1. The Morgan fingerprint density at radius 1 is 1.09 bits per heavy atom. The van der Waals surface area contributed by atoms with Crippen molar-refractivity contribution >= 4 is 29.4 Å². The molecule has 1 atom stereocenters. The molecule has 186 valence electrons. The number of piperazine rings is 1. The molecule has 0 spiro atoms. The molecule has 8 heteroatoms. The highest BCUT2D eigenvalue weighted by Crippen LogP contribution is 2.30. The summed E-state index contributed by atoms with van der Waals surface area (Å²) in [6, 6.07) is 13.5. The summed E-state index contributed by atoms with van der Waals surface area (Å²) in [5.74, 6) is -0.400. The van der Waals surface area contributed by atoms with Gasteiger partial charge in [0.2, 0.25) is 0 Å². The molecule has 1 saturated heterocycles.